The Morgan fingerprint density at radius 3 is 2.12 bits per heavy atom. The van der Waals surface area contributed by atoms with Gasteiger partial charge in [0.05, 0.1) is 0 Å². The standard InChI is InChI=1S/C4H9N.C2H7N.H2/c1-2-4-5-3-1;1-3-2;/h5H,1-4H2;3H,1-2H3;1H/i;;1+2T/hT. The smallest absolute Gasteiger partial charge is 0.122 e. The second kappa shape index (κ2) is 6.92. The zero-order valence-electron chi connectivity index (χ0n) is 8.78. The third kappa shape index (κ3) is 5.92. The Morgan fingerprint density at radius 1 is 1.62 bits per heavy atom. The maximum absolute atomic E-state index is 6.42. The zero-order valence-corrected chi connectivity index (χ0v) is 5.78. The lowest BCUT2D eigenvalue weighted by Crippen LogP contribution is -2.03. The lowest BCUT2D eigenvalue weighted by Gasteiger charge is -1.76. The highest BCUT2D eigenvalue weighted by Crippen LogP contribution is 1.90. The van der Waals surface area contributed by atoms with Crippen molar-refractivity contribution in [1.82, 2.24) is 10.6 Å². The van der Waals surface area contributed by atoms with Crippen LogP contribution in [0.3, 0.4) is 0 Å². The van der Waals surface area contributed by atoms with Gasteiger partial charge in [0.2, 0.25) is 0 Å². The predicted molar refractivity (Wildman–Crippen MR) is 39.2 cm³/mol. The first kappa shape index (κ1) is 4.77. The Hall–Kier alpha value is -0.0800. The minimum Gasteiger partial charge on any atom is -0.323 e. The van der Waals surface area contributed by atoms with Gasteiger partial charge in [0, 0.05) is 2.97 Å². The van der Waals surface area contributed by atoms with Gasteiger partial charge in [0.1, 0.15) is 1.41 Å². The van der Waals surface area contributed by atoms with E-state index in [0.29, 0.717) is 0 Å². The fraction of sp³-hybridized carbons (Fsp3) is 1.00. The lowest BCUT2D eigenvalue weighted by molar-refractivity contribution is 0.857. The minimum absolute atomic E-state index is 1.25. The summed E-state index contributed by atoms with van der Waals surface area (Å²) in [5.74, 6) is 0. The molecule has 0 aromatic rings. The van der Waals surface area contributed by atoms with Crippen molar-refractivity contribution in [3.05, 3.63) is 0 Å². The van der Waals surface area contributed by atoms with Crippen LogP contribution in [0.25, 0.3) is 0 Å². The molecule has 2 heteroatoms. The maximum atomic E-state index is 6.42. The molecule has 1 fully saturated rings. The molecule has 2 N–H and O–H groups in total. The minimum atomic E-state index is 1.25. The summed E-state index contributed by atoms with van der Waals surface area (Å²) in [6.07, 6.45) is 2.78. The van der Waals surface area contributed by atoms with Gasteiger partial charge in [-0.2, -0.15) is 0 Å². The first-order valence-electron chi connectivity index (χ1n) is 4.55. The molecule has 0 amide bonds. The lowest BCUT2D eigenvalue weighted by atomic mass is 10.4. The summed E-state index contributed by atoms with van der Waals surface area (Å²) in [5.41, 5.74) is 0. The van der Waals surface area contributed by atoms with Crippen LogP contribution in [0.15, 0.2) is 0 Å². The molecule has 0 aliphatic carbocycles. The molecular formula is C6H18N2. The summed E-state index contributed by atoms with van der Waals surface area (Å²) in [4.78, 5) is 0. The van der Waals surface area contributed by atoms with Crippen molar-refractivity contribution in [3.8, 4) is 0 Å². The molecule has 0 unspecified atom stereocenters. The van der Waals surface area contributed by atoms with Crippen molar-refractivity contribution in [2.24, 2.45) is 0 Å². The van der Waals surface area contributed by atoms with Crippen molar-refractivity contribution in [2.75, 3.05) is 27.2 Å². The van der Waals surface area contributed by atoms with Gasteiger partial charge in [-0.15, -0.1) is 0 Å². The second-order valence-corrected chi connectivity index (χ2v) is 1.90. The van der Waals surface area contributed by atoms with Crippen LogP contribution in [-0.2, 0) is 0 Å². The van der Waals surface area contributed by atoms with Gasteiger partial charge in [0.25, 0.3) is 0 Å². The summed E-state index contributed by atoms with van der Waals surface area (Å²) in [7, 11) is 3.33. The molecular weight excluding hydrogens is 100 g/mol. The highest BCUT2D eigenvalue weighted by Gasteiger charge is 1.93. The van der Waals surface area contributed by atoms with Gasteiger partial charge in [-0.1, -0.05) is 0 Å². The van der Waals surface area contributed by atoms with Crippen LogP contribution in [0.2, 0.25) is 1.41 Å². The van der Waals surface area contributed by atoms with Gasteiger partial charge in [-0.25, -0.2) is 0 Å². The number of rotatable bonds is 0. The highest BCUT2D eigenvalue weighted by molar-refractivity contribution is 4.55. The topological polar surface area (TPSA) is 24.1 Å². The van der Waals surface area contributed by atoms with Crippen LogP contribution >= 0.6 is 0 Å². The van der Waals surface area contributed by atoms with Crippen LogP contribution in [0.5, 0.6) is 0 Å². The Kier molecular flexibility index (Phi) is 4.12. The molecule has 1 heterocycles. The second-order valence-electron chi connectivity index (χ2n) is 1.90. The van der Waals surface area contributed by atoms with E-state index in [1.54, 1.807) is 14.1 Å². The molecule has 52 valence electrons. The maximum Gasteiger partial charge on any atom is 0.122 e. The Morgan fingerprint density at radius 2 is 2.00 bits per heavy atom. The van der Waals surface area contributed by atoms with Gasteiger partial charge in [0.15, 0.2) is 0 Å². The largest absolute Gasteiger partial charge is 0.323 e. The number of hydrogen-bond donors (Lipinski definition) is 2. The molecule has 1 aliphatic heterocycles. The average molecular weight is 124 g/mol. The van der Waals surface area contributed by atoms with Crippen molar-refractivity contribution >= 4 is 0 Å². The number of nitrogens with one attached hydrogen (secondary N) is 2. The van der Waals surface area contributed by atoms with Crippen molar-refractivity contribution < 1.29 is 4.38 Å². The summed E-state index contributed by atoms with van der Waals surface area (Å²) >= 11 is 0. The fourth-order valence-electron chi connectivity index (χ4n) is 0.625. The molecule has 0 radical (unpaired) electrons. The van der Waals surface area contributed by atoms with Crippen LogP contribution in [0.4, 0.5) is 0 Å². The molecule has 8 heavy (non-hydrogen) atoms. The van der Waals surface area contributed by atoms with Crippen molar-refractivity contribution in [2.45, 2.75) is 12.8 Å². The highest BCUT2D eigenvalue weighted by atomic mass is 14.9. The molecule has 0 bridgehead atoms. The van der Waals surface area contributed by atoms with Gasteiger partial charge < -0.3 is 10.6 Å². The van der Waals surface area contributed by atoms with E-state index in [9.17, 15) is 0 Å². The molecule has 1 saturated heterocycles. The van der Waals surface area contributed by atoms with E-state index < -0.39 is 0 Å². The van der Waals surface area contributed by atoms with Crippen LogP contribution < -0.4 is 10.6 Å². The Labute approximate surface area is 56.2 Å². The van der Waals surface area contributed by atoms with E-state index in [1.165, 1.54) is 31.2 Å². The zero-order chi connectivity index (χ0) is 9.11. The molecule has 2 nitrogen and oxygen atoms in total. The molecule has 0 aromatic heterocycles. The average Bonchev–Trinajstić information content (AvgIpc) is 2.44. The fourth-order valence-corrected chi connectivity index (χ4v) is 0.625. The van der Waals surface area contributed by atoms with Gasteiger partial charge in [-0.3, -0.25) is 0 Å². The van der Waals surface area contributed by atoms with E-state index in [0.717, 1.165) is 0 Å². The molecule has 0 aromatic carbocycles. The van der Waals surface area contributed by atoms with E-state index in [-0.39, 0.29) is 0 Å². The SMILES string of the molecule is C1CCNC1.[3H]N(C)C.[3H][3H]. The Balaban J connectivity index is 0. The van der Waals surface area contributed by atoms with E-state index in [1.807, 2.05) is 0 Å². The van der Waals surface area contributed by atoms with Crippen molar-refractivity contribution in [1.29, 1.82) is 0 Å². The van der Waals surface area contributed by atoms with Crippen LogP contribution in [0.1, 0.15) is 15.8 Å². The first-order valence-corrected chi connectivity index (χ1v) is 3.10. The summed E-state index contributed by atoms with van der Waals surface area (Å²) in [6.45, 7) is 2.50. The van der Waals surface area contributed by atoms with Gasteiger partial charge in [-0.05, 0) is 40.0 Å². The molecule has 0 spiro atoms. The van der Waals surface area contributed by atoms with E-state index in [2.05, 4.69) is 5.32 Å². The number of hydrogen-bond acceptors (Lipinski definition) is 2. The quantitative estimate of drug-likeness (QED) is 0.490. The molecule has 1 rings (SSSR count). The third-order valence-electron chi connectivity index (χ3n) is 0.957. The van der Waals surface area contributed by atoms with Crippen molar-refractivity contribution in [3.63, 3.8) is 0 Å². The summed E-state index contributed by atoms with van der Waals surface area (Å²) in [5, 5.41) is 4.47. The molecule has 0 atom stereocenters. The van der Waals surface area contributed by atoms with Crippen LogP contribution in [0, 0.1) is 0 Å². The Bertz CT molecular complexity index is 47.4. The molecule has 0 saturated carbocycles. The third-order valence-corrected chi connectivity index (χ3v) is 0.957. The summed E-state index contributed by atoms with van der Waals surface area (Å²) in [6, 6.07) is 0. The first-order chi connectivity index (χ1) is 5.23. The van der Waals surface area contributed by atoms with Crippen LogP contribution in [-0.4, -0.2) is 27.2 Å². The monoisotopic (exact) mass is 124 g/mol. The normalized spacial score (nSPS) is 20.6. The predicted octanol–water partition coefficient (Wildman–Crippen LogP) is 0.451. The summed E-state index contributed by atoms with van der Waals surface area (Å²) < 4.78 is 16.4. The molecule has 1 aliphatic rings. The van der Waals surface area contributed by atoms with Gasteiger partial charge >= 0.3 is 0 Å². The van der Waals surface area contributed by atoms with E-state index >= 15 is 0 Å². The van der Waals surface area contributed by atoms with E-state index in [4.69, 9.17) is 4.38 Å².